The minimum Gasteiger partial charge on any atom is -0.381 e. The predicted molar refractivity (Wildman–Crippen MR) is 163 cm³/mol. The van der Waals surface area contributed by atoms with Crippen LogP contribution in [0.15, 0.2) is 36.4 Å². The van der Waals surface area contributed by atoms with E-state index < -0.39 is 17.6 Å². The fourth-order valence-electron chi connectivity index (χ4n) is 5.66. The monoisotopic (exact) mass is 586 g/mol. The van der Waals surface area contributed by atoms with Crippen LogP contribution in [0.25, 0.3) is 0 Å². The van der Waals surface area contributed by atoms with Gasteiger partial charge in [0.25, 0.3) is 5.91 Å². The standard InChI is InChI=1S/C25H27F3N4O2.C6H12.C2H6/c1-3-15-9-19-20(21(10-15)25(26,27)28)12-32(24(19)33)18-6-4-5-16(11-18)22(17-7-8-34-13-17)23(30)31(2)14-29;1-6(2)4-3-5-6;1-2/h4-6,9-11,14,17,22,29-30H,3,7-8,12-13H2,1-2H3;3-5H2,1-2H3;1-2H3/t17?,22-;;/m1../s1. The molecule has 1 amide bonds. The number of halogens is 3. The van der Waals surface area contributed by atoms with Crippen molar-refractivity contribution in [3.63, 3.8) is 0 Å². The molecule has 1 aliphatic carbocycles. The number of alkyl halides is 3. The molecule has 2 atom stereocenters. The van der Waals surface area contributed by atoms with Crippen LogP contribution in [-0.2, 0) is 23.9 Å². The molecule has 2 N–H and O–H groups in total. The molecule has 42 heavy (non-hydrogen) atoms. The van der Waals surface area contributed by atoms with E-state index in [1.165, 1.54) is 29.1 Å². The first-order valence-corrected chi connectivity index (χ1v) is 14.9. The SMILES string of the molecule is CC.CC1(C)CCC1.CCc1cc2c(c(C(F)(F)F)c1)CN(c1cccc([C@@H](C(=N)N(C)C=N)C3CCOC3)c1)C2=O. The lowest BCUT2D eigenvalue weighted by Gasteiger charge is -2.33. The number of carbonyl (C=O) groups excluding carboxylic acids is 1. The Labute approximate surface area is 248 Å². The number of ether oxygens (including phenoxy) is 1. The predicted octanol–water partition coefficient (Wildman–Crippen LogP) is 8.29. The summed E-state index contributed by atoms with van der Waals surface area (Å²) in [4.78, 5) is 16.0. The molecule has 2 aliphatic heterocycles. The summed E-state index contributed by atoms with van der Waals surface area (Å²) in [7, 11) is 1.63. The van der Waals surface area contributed by atoms with E-state index in [0.29, 0.717) is 30.9 Å². The van der Waals surface area contributed by atoms with Crippen LogP contribution in [0.5, 0.6) is 0 Å². The second-order valence-corrected chi connectivity index (χ2v) is 11.8. The van der Waals surface area contributed by atoms with E-state index in [1.807, 2.05) is 19.9 Å². The first-order valence-electron chi connectivity index (χ1n) is 14.9. The molecule has 9 heteroatoms. The van der Waals surface area contributed by atoms with Crippen LogP contribution >= 0.6 is 0 Å². The number of likely N-dealkylation sites (N-methyl/N-ethyl adjacent to an activating group) is 1. The average molecular weight is 587 g/mol. The number of amidine groups is 1. The Hall–Kier alpha value is -3.20. The van der Waals surface area contributed by atoms with Gasteiger partial charge in [0.15, 0.2) is 0 Å². The number of aryl methyl sites for hydroxylation is 1. The maximum absolute atomic E-state index is 13.8. The molecule has 2 aromatic rings. The number of rotatable bonds is 6. The molecule has 2 heterocycles. The van der Waals surface area contributed by atoms with Gasteiger partial charge in [0, 0.05) is 30.8 Å². The Balaban J connectivity index is 0.000000530. The highest BCUT2D eigenvalue weighted by Crippen LogP contribution is 2.41. The van der Waals surface area contributed by atoms with Gasteiger partial charge < -0.3 is 14.5 Å². The van der Waals surface area contributed by atoms with Crippen molar-refractivity contribution in [2.24, 2.45) is 11.3 Å². The molecule has 3 aliphatic rings. The number of hydrogen-bond donors (Lipinski definition) is 2. The molecule has 6 nitrogen and oxygen atoms in total. The maximum Gasteiger partial charge on any atom is 0.416 e. The average Bonchev–Trinajstić information content (AvgIpc) is 3.61. The quantitative estimate of drug-likeness (QED) is 0.264. The van der Waals surface area contributed by atoms with Crippen LogP contribution < -0.4 is 4.90 Å². The van der Waals surface area contributed by atoms with Gasteiger partial charge in [0.2, 0.25) is 0 Å². The third-order valence-corrected chi connectivity index (χ3v) is 8.37. The van der Waals surface area contributed by atoms with Gasteiger partial charge >= 0.3 is 6.18 Å². The van der Waals surface area contributed by atoms with Crippen molar-refractivity contribution >= 4 is 23.8 Å². The Morgan fingerprint density at radius 3 is 2.38 bits per heavy atom. The summed E-state index contributed by atoms with van der Waals surface area (Å²) in [6.45, 7) is 11.3. The highest BCUT2D eigenvalue weighted by molar-refractivity contribution is 6.10. The Bertz CT molecular complexity index is 1260. The lowest BCUT2D eigenvalue weighted by Crippen LogP contribution is -2.34. The van der Waals surface area contributed by atoms with Crippen molar-refractivity contribution in [1.29, 1.82) is 10.8 Å². The highest BCUT2D eigenvalue weighted by atomic mass is 19.4. The number of hydrogen-bond acceptors (Lipinski definition) is 4. The summed E-state index contributed by atoms with van der Waals surface area (Å²) in [5, 5.41) is 16.2. The van der Waals surface area contributed by atoms with Crippen LogP contribution in [0.3, 0.4) is 0 Å². The normalized spacial score (nSPS) is 19.4. The minimum absolute atomic E-state index is 0.00266. The van der Waals surface area contributed by atoms with Gasteiger partial charge in [0.1, 0.15) is 5.84 Å². The van der Waals surface area contributed by atoms with E-state index >= 15 is 0 Å². The topological polar surface area (TPSA) is 80.5 Å². The van der Waals surface area contributed by atoms with Crippen molar-refractivity contribution < 1.29 is 22.7 Å². The first-order chi connectivity index (χ1) is 19.9. The molecule has 1 saturated heterocycles. The van der Waals surface area contributed by atoms with E-state index in [4.69, 9.17) is 15.6 Å². The second kappa shape index (κ2) is 13.8. The van der Waals surface area contributed by atoms with Gasteiger partial charge in [-0.25, -0.2) is 0 Å². The first kappa shape index (κ1) is 33.3. The van der Waals surface area contributed by atoms with E-state index in [0.717, 1.165) is 29.8 Å². The van der Waals surface area contributed by atoms with E-state index in [9.17, 15) is 18.0 Å². The van der Waals surface area contributed by atoms with Gasteiger partial charge in [-0.05, 0) is 78.0 Å². The van der Waals surface area contributed by atoms with E-state index in [1.54, 1.807) is 38.2 Å². The van der Waals surface area contributed by atoms with Gasteiger partial charge in [-0.15, -0.1) is 0 Å². The summed E-state index contributed by atoms with van der Waals surface area (Å²) < 4.78 is 46.8. The zero-order valence-corrected chi connectivity index (χ0v) is 25.7. The van der Waals surface area contributed by atoms with E-state index in [2.05, 4.69) is 13.8 Å². The summed E-state index contributed by atoms with van der Waals surface area (Å²) in [5.74, 6) is -0.571. The maximum atomic E-state index is 13.8. The van der Waals surface area contributed by atoms with Crippen LogP contribution in [0.2, 0.25) is 0 Å². The minimum atomic E-state index is -4.55. The number of fused-ring (bicyclic) bond motifs is 1. The van der Waals surface area contributed by atoms with Crippen molar-refractivity contribution in [1.82, 2.24) is 4.90 Å². The molecule has 1 unspecified atom stereocenters. The fraction of sp³-hybridized carbons (Fsp3) is 0.545. The summed E-state index contributed by atoms with van der Waals surface area (Å²) in [5.41, 5.74) is 1.77. The molecule has 0 bridgehead atoms. The van der Waals surface area contributed by atoms with Crippen LogP contribution in [-0.4, -0.2) is 43.2 Å². The molecular weight excluding hydrogens is 541 g/mol. The van der Waals surface area contributed by atoms with E-state index in [-0.39, 0.29) is 35.3 Å². The second-order valence-electron chi connectivity index (χ2n) is 11.8. The molecular formula is C33H45F3N4O2. The van der Waals surface area contributed by atoms with Gasteiger partial charge in [-0.1, -0.05) is 53.2 Å². The number of amides is 1. The smallest absolute Gasteiger partial charge is 0.381 e. The molecule has 230 valence electrons. The number of benzene rings is 2. The van der Waals surface area contributed by atoms with Crippen LogP contribution in [0.1, 0.15) is 98.8 Å². The Morgan fingerprint density at radius 2 is 1.88 bits per heavy atom. The Morgan fingerprint density at radius 1 is 1.21 bits per heavy atom. The van der Waals surface area contributed by atoms with Crippen molar-refractivity contribution in [3.05, 3.63) is 64.2 Å². The summed E-state index contributed by atoms with van der Waals surface area (Å²) >= 11 is 0. The number of nitrogens with zero attached hydrogens (tertiary/aromatic N) is 2. The molecule has 1 saturated carbocycles. The lowest BCUT2D eigenvalue weighted by atomic mass is 9.72. The third kappa shape index (κ3) is 7.41. The molecule has 5 rings (SSSR count). The summed E-state index contributed by atoms with van der Waals surface area (Å²) in [6, 6.07) is 9.77. The van der Waals surface area contributed by atoms with Crippen molar-refractivity contribution in [2.45, 2.75) is 85.4 Å². The molecule has 0 aromatic heterocycles. The largest absolute Gasteiger partial charge is 0.416 e. The van der Waals surface area contributed by atoms with Gasteiger partial charge in [-0.2, -0.15) is 13.2 Å². The zero-order valence-electron chi connectivity index (χ0n) is 25.7. The number of carbonyl (C=O) groups is 1. The van der Waals surface area contributed by atoms with Crippen LogP contribution in [0.4, 0.5) is 18.9 Å². The lowest BCUT2D eigenvalue weighted by molar-refractivity contribution is -0.138. The number of nitrogens with one attached hydrogen (secondary N) is 2. The van der Waals surface area contributed by atoms with Crippen molar-refractivity contribution in [3.8, 4) is 0 Å². The van der Waals surface area contributed by atoms with Crippen molar-refractivity contribution in [2.75, 3.05) is 25.2 Å². The van der Waals surface area contributed by atoms with Gasteiger partial charge in [-0.3, -0.25) is 15.6 Å². The molecule has 0 radical (unpaired) electrons. The molecule has 0 spiro atoms. The van der Waals surface area contributed by atoms with Gasteiger partial charge in [0.05, 0.1) is 25.1 Å². The highest BCUT2D eigenvalue weighted by Gasteiger charge is 2.41. The molecule has 2 fully saturated rings. The zero-order chi connectivity index (χ0) is 31.2. The fourth-order valence-corrected chi connectivity index (χ4v) is 5.66. The summed E-state index contributed by atoms with van der Waals surface area (Å²) in [6.07, 6.45) is 2.04. The van der Waals surface area contributed by atoms with Crippen LogP contribution in [0, 0.1) is 22.2 Å². The number of anilines is 1. The third-order valence-electron chi connectivity index (χ3n) is 8.37. The Kier molecular flexibility index (Phi) is 11.0. The molecule has 2 aromatic carbocycles.